The number of hydrogen-bond donors (Lipinski definition) is 0. The number of carbonyl (C=O) groups excluding carboxylic acids is 1. The topological polar surface area (TPSA) is 61.9 Å². The van der Waals surface area contributed by atoms with Gasteiger partial charge in [0.15, 0.2) is 6.19 Å². The van der Waals surface area contributed by atoms with Crippen LogP contribution in [0.3, 0.4) is 0 Å². The lowest BCUT2D eigenvalue weighted by molar-refractivity contribution is 0.0858. The van der Waals surface area contributed by atoms with E-state index in [4.69, 9.17) is 5.26 Å². The summed E-state index contributed by atoms with van der Waals surface area (Å²) in [6.45, 7) is 5.97. The molecule has 0 saturated carbocycles. The van der Waals surface area contributed by atoms with Gasteiger partial charge in [-0.2, -0.15) is 10.4 Å². The van der Waals surface area contributed by atoms with Crippen LogP contribution in [0.25, 0.3) is 0 Å². The lowest BCUT2D eigenvalue weighted by Gasteiger charge is -2.18. The molecule has 1 aromatic rings. The molecular formula is C10H14N4O. The minimum Gasteiger partial charge on any atom is -0.268 e. The van der Waals surface area contributed by atoms with E-state index in [1.807, 2.05) is 20.8 Å². The Kier molecular flexibility index (Phi) is 2.80. The lowest BCUT2D eigenvalue weighted by atomic mass is 10.1. The van der Waals surface area contributed by atoms with Gasteiger partial charge in [-0.3, -0.25) is 9.48 Å². The van der Waals surface area contributed by atoms with E-state index in [9.17, 15) is 4.79 Å². The summed E-state index contributed by atoms with van der Waals surface area (Å²) in [6, 6.07) is 0. The molecule has 0 aliphatic carbocycles. The molecule has 0 aliphatic heterocycles. The number of hydrogen-bond acceptors (Lipinski definition) is 3. The van der Waals surface area contributed by atoms with Crippen LogP contribution < -0.4 is 0 Å². The van der Waals surface area contributed by atoms with Crippen LogP contribution in [0.2, 0.25) is 0 Å². The van der Waals surface area contributed by atoms with Crippen molar-refractivity contribution in [2.75, 3.05) is 7.05 Å². The summed E-state index contributed by atoms with van der Waals surface area (Å²) in [6.07, 6.45) is 4.88. The molecule has 0 unspecified atom stereocenters. The number of amides is 1. The maximum atomic E-state index is 11.6. The average Bonchev–Trinajstić information content (AvgIpc) is 2.63. The summed E-state index contributed by atoms with van der Waals surface area (Å²) in [4.78, 5) is 12.5. The molecule has 0 fully saturated rings. The molecule has 0 bridgehead atoms. The average molecular weight is 206 g/mol. The van der Waals surface area contributed by atoms with Crippen LogP contribution in [-0.2, 0) is 5.54 Å². The van der Waals surface area contributed by atoms with Gasteiger partial charge in [-0.25, -0.2) is 4.90 Å². The van der Waals surface area contributed by atoms with Gasteiger partial charge in [-0.05, 0) is 20.8 Å². The zero-order valence-corrected chi connectivity index (χ0v) is 9.35. The molecule has 0 saturated heterocycles. The molecule has 5 nitrogen and oxygen atoms in total. The molecular weight excluding hydrogens is 192 g/mol. The van der Waals surface area contributed by atoms with Gasteiger partial charge in [0.05, 0.1) is 17.3 Å². The predicted octanol–water partition coefficient (Wildman–Crippen LogP) is 1.19. The quantitative estimate of drug-likeness (QED) is 0.512. The highest BCUT2D eigenvalue weighted by Crippen LogP contribution is 2.13. The van der Waals surface area contributed by atoms with Crippen LogP contribution in [-0.4, -0.2) is 27.6 Å². The van der Waals surface area contributed by atoms with E-state index < -0.39 is 0 Å². The first-order valence-electron chi connectivity index (χ1n) is 4.59. The standard InChI is InChI=1S/C10H14N4O/c1-10(2,3)14-6-8(5-12-14)9(15)13(4)7-11/h5-6H,1-4H3. The van der Waals surface area contributed by atoms with Gasteiger partial charge in [0.1, 0.15) is 0 Å². The monoisotopic (exact) mass is 206 g/mol. The van der Waals surface area contributed by atoms with Crippen molar-refractivity contribution in [3.63, 3.8) is 0 Å². The van der Waals surface area contributed by atoms with Gasteiger partial charge < -0.3 is 0 Å². The molecule has 0 aromatic carbocycles. The third-order valence-corrected chi connectivity index (χ3v) is 1.97. The fourth-order valence-corrected chi connectivity index (χ4v) is 1.04. The zero-order valence-electron chi connectivity index (χ0n) is 9.35. The molecule has 1 aromatic heterocycles. The molecule has 1 rings (SSSR count). The van der Waals surface area contributed by atoms with Crippen LogP contribution in [0.4, 0.5) is 0 Å². The molecule has 1 amide bonds. The summed E-state index contributed by atoms with van der Waals surface area (Å²) in [5.74, 6) is -0.340. The molecule has 0 aliphatic rings. The second-order valence-electron chi connectivity index (χ2n) is 4.31. The highest BCUT2D eigenvalue weighted by molar-refractivity contribution is 5.94. The van der Waals surface area contributed by atoms with Crippen molar-refractivity contribution in [1.82, 2.24) is 14.7 Å². The fraction of sp³-hybridized carbons (Fsp3) is 0.500. The van der Waals surface area contributed by atoms with Crippen molar-refractivity contribution in [3.05, 3.63) is 18.0 Å². The van der Waals surface area contributed by atoms with E-state index >= 15 is 0 Å². The molecule has 5 heteroatoms. The Bertz CT molecular complexity index is 408. The van der Waals surface area contributed by atoms with E-state index in [-0.39, 0.29) is 11.4 Å². The van der Waals surface area contributed by atoms with Gasteiger partial charge in [-0.1, -0.05) is 0 Å². The first-order chi connectivity index (χ1) is 6.86. The number of carbonyl (C=O) groups is 1. The van der Waals surface area contributed by atoms with Gasteiger partial charge in [0.25, 0.3) is 5.91 Å². The smallest absolute Gasteiger partial charge is 0.268 e. The minimum absolute atomic E-state index is 0.163. The molecule has 1 heterocycles. The maximum absolute atomic E-state index is 11.6. The van der Waals surface area contributed by atoms with Gasteiger partial charge in [0.2, 0.25) is 0 Å². The van der Waals surface area contributed by atoms with Crippen LogP contribution in [0.5, 0.6) is 0 Å². The molecule has 15 heavy (non-hydrogen) atoms. The minimum atomic E-state index is -0.340. The number of nitriles is 1. The Morgan fingerprint density at radius 2 is 2.20 bits per heavy atom. The molecule has 80 valence electrons. The highest BCUT2D eigenvalue weighted by atomic mass is 16.2. The van der Waals surface area contributed by atoms with E-state index in [0.29, 0.717) is 5.56 Å². The first-order valence-corrected chi connectivity index (χ1v) is 4.59. The van der Waals surface area contributed by atoms with E-state index in [1.54, 1.807) is 17.1 Å². The second-order valence-corrected chi connectivity index (χ2v) is 4.31. The summed E-state index contributed by atoms with van der Waals surface area (Å²) in [5.41, 5.74) is 0.262. The second kappa shape index (κ2) is 3.73. The third kappa shape index (κ3) is 2.34. The number of nitrogens with zero attached hydrogens (tertiary/aromatic N) is 4. The van der Waals surface area contributed by atoms with Crippen molar-refractivity contribution >= 4 is 5.91 Å². The van der Waals surface area contributed by atoms with E-state index in [1.165, 1.54) is 13.2 Å². The van der Waals surface area contributed by atoms with Crippen molar-refractivity contribution < 1.29 is 4.79 Å². The number of rotatable bonds is 1. The summed E-state index contributed by atoms with van der Waals surface area (Å²) >= 11 is 0. The van der Waals surface area contributed by atoms with E-state index in [2.05, 4.69) is 5.10 Å². The fourth-order valence-electron chi connectivity index (χ4n) is 1.04. The van der Waals surface area contributed by atoms with Crippen molar-refractivity contribution in [2.24, 2.45) is 0 Å². The Morgan fingerprint density at radius 1 is 1.60 bits per heavy atom. The molecule has 0 spiro atoms. The normalized spacial score (nSPS) is 10.9. The van der Waals surface area contributed by atoms with Crippen LogP contribution in [0.1, 0.15) is 31.1 Å². The summed E-state index contributed by atoms with van der Waals surface area (Å²) in [5, 5.41) is 12.6. The predicted molar refractivity (Wildman–Crippen MR) is 54.9 cm³/mol. The molecule has 0 N–H and O–H groups in total. The lowest BCUT2D eigenvalue weighted by Crippen LogP contribution is -2.23. The van der Waals surface area contributed by atoms with Crippen LogP contribution >= 0.6 is 0 Å². The van der Waals surface area contributed by atoms with Crippen molar-refractivity contribution in [3.8, 4) is 6.19 Å². The Morgan fingerprint density at radius 3 is 2.60 bits per heavy atom. The zero-order chi connectivity index (χ0) is 11.6. The summed E-state index contributed by atoms with van der Waals surface area (Å²) in [7, 11) is 1.43. The Labute approximate surface area is 88.9 Å². The van der Waals surface area contributed by atoms with Gasteiger partial charge in [-0.15, -0.1) is 0 Å². The van der Waals surface area contributed by atoms with Crippen LogP contribution in [0.15, 0.2) is 12.4 Å². The maximum Gasteiger partial charge on any atom is 0.269 e. The molecule has 0 radical (unpaired) electrons. The SMILES string of the molecule is CN(C#N)C(=O)c1cnn(C(C)(C)C)c1. The largest absolute Gasteiger partial charge is 0.269 e. The Balaban J connectivity index is 2.96. The molecule has 0 atom stereocenters. The third-order valence-electron chi connectivity index (χ3n) is 1.97. The van der Waals surface area contributed by atoms with Gasteiger partial charge >= 0.3 is 0 Å². The van der Waals surface area contributed by atoms with Crippen molar-refractivity contribution in [1.29, 1.82) is 5.26 Å². The summed E-state index contributed by atoms with van der Waals surface area (Å²) < 4.78 is 1.70. The van der Waals surface area contributed by atoms with Crippen LogP contribution in [0, 0.1) is 11.5 Å². The van der Waals surface area contributed by atoms with E-state index in [0.717, 1.165) is 4.90 Å². The first kappa shape index (κ1) is 11.2. The van der Waals surface area contributed by atoms with Gasteiger partial charge in [0, 0.05) is 13.2 Å². The van der Waals surface area contributed by atoms with Crippen molar-refractivity contribution in [2.45, 2.75) is 26.3 Å². The highest BCUT2D eigenvalue weighted by Gasteiger charge is 2.18. The number of aromatic nitrogens is 2. The Hall–Kier alpha value is -1.83.